The maximum absolute atomic E-state index is 12.0. The standard InChI is InChI=1S/C24H30N8O4S/c1-26-18-14-16(6-8-17(18)31-32-25)7-9-22(34)28-11-13-36-12-10-27-21(33)5-3-2-4-20-23-19(15-37-20)29-24(35)30-23/h6-9,14,19-20,23H,2-5,10-13,15H2,(H,27,33)(H,28,34)(H2,29,30,35)/b9-7+/t19-,20-,23-/m0/s1. The second-order valence-corrected chi connectivity index (χ2v) is 9.78. The van der Waals surface area contributed by atoms with Crippen LogP contribution in [0.1, 0.15) is 31.2 Å². The minimum absolute atomic E-state index is 0.0105. The van der Waals surface area contributed by atoms with Crippen LogP contribution in [0.3, 0.4) is 0 Å². The van der Waals surface area contributed by atoms with E-state index in [1.807, 2.05) is 11.8 Å². The lowest BCUT2D eigenvalue weighted by atomic mass is 10.0. The minimum Gasteiger partial charge on any atom is -0.378 e. The highest BCUT2D eigenvalue weighted by Crippen LogP contribution is 2.33. The molecule has 2 aliphatic heterocycles. The van der Waals surface area contributed by atoms with Crippen LogP contribution in [-0.4, -0.2) is 67.2 Å². The van der Waals surface area contributed by atoms with Crippen LogP contribution in [0, 0.1) is 6.57 Å². The number of hydrogen-bond donors (Lipinski definition) is 4. The molecule has 0 saturated carbocycles. The molecule has 2 fully saturated rings. The second-order valence-electron chi connectivity index (χ2n) is 8.50. The first-order valence-electron chi connectivity index (χ1n) is 12.1. The second kappa shape index (κ2) is 14.7. The van der Waals surface area contributed by atoms with Gasteiger partial charge in [-0.3, -0.25) is 9.59 Å². The summed E-state index contributed by atoms with van der Waals surface area (Å²) in [4.78, 5) is 41.3. The Hall–Kier alpha value is -3.72. The fourth-order valence-electron chi connectivity index (χ4n) is 4.07. The van der Waals surface area contributed by atoms with Crippen LogP contribution < -0.4 is 21.3 Å². The van der Waals surface area contributed by atoms with Gasteiger partial charge in [-0.25, -0.2) is 9.64 Å². The molecule has 12 nitrogen and oxygen atoms in total. The van der Waals surface area contributed by atoms with Gasteiger partial charge in [-0.05, 0) is 30.0 Å². The number of carbonyl (C=O) groups is 3. The summed E-state index contributed by atoms with van der Waals surface area (Å²) in [6, 6.07) is 5.06. The molecule has 0 spiro atoms. The smallest absolute Gasteiger partial charge is 0.315 e. The van der Waals surface area contributed by atoms with E-state index in [0.29, 0.717) is 43.5 Å². The minimum atomic E-state index is -0.307. The number of carbonyl (C=O) groups excluding carboxylic acids is 3. The molecule has 0 aliphatic carbocycles. The van der Waals surface area contributed by atoms with Crippen molar-refractivity contribution in [1.29, 1.82) is 0 Å². The molecule has 4 N–H and O–H groups in total. The summed E-state index contributed by atoms with van der Waals surface area (Å²) in [7, 11) is 0. The number of amides is 4. The average Bonchev–Trinajstić information content (AvgIpc) is 3.44. The maximum atomic E-state index is 12.0. The van der Waals surface area contributed by atoms with Gasteiger partial charge in [0.15, 0.2) is 5.69 Å². The molecule has 2 heterocycles. The molecule has 4 amide bonds. The average molecular weight is 527 g/mol. The van der Waals surface area contributed by atoms with Crippen molar-refractivity contribution in [3.05, 3.63) is 51.7 Å². The number of azide groups is 1. The summed E-state index contributed by atoms with van der Waals surface area (Å²) in [6.45, 7) is 8.52. The van der Waals surface area contributed by atoms with Gasteiger partial charge in [-0.15, -0.1) is 0 Å². The zero-order valence-electron chi connectivity index (χ0n) is 20.3. The van der Waals surface area contributed by atoms with Crippen LogP contribution in [-0.2, 0) is 14.3 Å². The highest BCUT2D eigenvalue weighted by atomic mass is 32.2. The van der Waals surface area contributed by atoms with E-state index < -0.39 is 0 Å². The first-order valence-corrected chi connectivity index (χ1v) is 13.1. The predicted octanol–water partition coefficient (Wildman–Crippen LogP) is 3.17. The highest BCUT2D eigenvalue weighted by molar-refractivity contribution is 8.00. The van der Waals surface area contributed by atoms with Crippen molar-refractivity contribution in [2.75, 3.05) is 32.1 Å². The number of hydrogen-bond acceptors (Lipinski definition) is 6. The number of urea groups is 1. The molecule has 37 heavy (non-hydrogen) atoms. The van der Waals surface area contributed by atoms with E-state index in [1.165, 1.54) is 18.2 Å². The molecule has 0 radical (unpaired) electrons. The maximum Gasteiger partial charge on any atom is 0.315 e. The summed E-state index contributed by atoms with van der Waals surface area (Å²) in [5.74, 6) is 0.623. The lowest BCUT2D eigenvalue weighted by molar-refractivity contribution is -0.121. The monoisotopic (exact) mass is 526 g/mol. The Balaban J connectivity index is 1.18. The van der Waals surface area contributed by atoms with Crippen molar-refractivity contribution in [2.45, 2.75) is 43.0 Å². The predicted molar refractivity (Wildman–Crippen MR) is 141 cm³/mol. The number of nitrogens with one attached hydrogen (secondary N) is 4. The number of unbranched alkanes of at least 4 members (excludes halogenated alkanes) is 1. The van der Waals surface area contributed by atoms with E-state index in [0.717, 1.165) is 25.0 Å². The Morgan fingerprint density at radius 3 is 2.84 bits per heavy atom. The first-order chi connectivity index (χ1) is 18.0. The van der Waals surface area contributed by atoms with Gasteiger partial charge < -0.3 is 26.0 Å². The first kappa shape index (κ1) is 27.9. The Bertz CT molecular complexity index is 1100. The van der Waals surface area contributed by atoms with Crippen LogP contribution in [0.4, 0.5) is 16.2 Å². The van der Waals surface area contributed by atoms with E-state index in [1.54, 1.807) is 12.1 Å². The number of nitrogens with zero attached hydrogens (tertiary/aromatic N) is 4. The summed E-state index contributed by atoms with van der Waals surface area (Å²) < 4.78 is 5.44. The lowest BCUT2D eigenvalue weighted by Crippen LogP contribution is -2.36. The molecule has 0 bridgehead atoms. The molecule has 1 aromatic rings. The molecule has 2 aliphatic rings. The van der Waals surface area contributed by atoms with Crippen molar-refractivity contribution in [1.82, 2.24) is 21.3 Å². The summed E-state index contributed by atoms with van der Waals surface area (Å²) in [6.07, 6.45) is 6.10. The molecular formula is C24H30N8O4S. The van der Waals surface area contributed by atoms with Crippen molar-refractivity contribution >= 4 is 47.1 Å². The van der Waals surface area contributed by atoms with Gasteiger partial charge in [0.25, 0.3) is 0 Å². The van der Waals surface area contributed by atoms with Crippen LogP contribution in [0.25, 0.3) is 21.4 Å². The summed E-state index contributed by atoms with van der Waals surface area (Å²) >= 11 is 1.88. The molecule has 2 saturated heterocycles. The molecule has 0 unspecified atom stereocenters. The molecule has 13 heteroatoms. The van der Waals surface area contributed by atoms with Crippen LogP contribution >= 0.6 is 11.8 Å². The third-order valence-corrected chi connectivity index (χ3v) is 7.40. The van der Waals surface area contributed by atoms with Crippen molar-refractivity contribution < 1.29 is 19.1 Å². The Kier molecular flexibility index (Phi) is 11.1. The summed E-state index contributed by atoms with van der Waals surface area (Å²) in [5.41, 5.74) is 9.59. The highest BCUT2D eigenvalue weighted by Gasteiger charge is 2.42. The van der Waals surface area contributed by atoms with E-state index in [9.17, 15) is 14.4 Å². The Morgan fingerprint density at radius 2 is 2.05 bits per heavy atom. The number of thioether (sulfide) groups is 1. The molecule has 0 aromatic heterocycles. The third kappa shape index (κ3) is 9.02. The van der Waals surface area contributed by atoms with Crippen LogP contribution in [0.2, 0.25) is 0 Å². The third-order valence-electron chi connectivity index (χ3n) is 5.89. The topological polar surface area (TPSA) is 162 Å². The Morgan fingerprint density at radius 1 is 1.24 bits per heavy atom. The number of fused-ring (bicyclic) bond motifs is 1. The lowest BCUT2D eigenvalue weighted by Gasteiger charge is -2.16. The quantitative estimate of drug-likeness (QED) is 0.0556. The van der Waals surface area contributed by atoms with Gasteiger partial charge in [0.1, 0.15) is 0 Å². The SMILES string of the molecule is [C-]#[N+]c1cc(/C=C/C(=O)NCCOCCNC(=O)CCCC[C@@H]2SC[C@@H]3NC(=O)N[C@@H]32)ccc1N=[N+]=[N-]. The van der Waals surface area contributed by atoms with Crippen molar-refractivity contribution in [3.63, 3.8) is 0 Å². The van der Waals surface area contributed by atoms with Gasteiger partial charge in [-0.1, -0.05) is 29.7 Å². The number of rotatable bonds is 14. The molecule has 3 rings (SSSR count). The molecule has 1 aromatic carbocycles. The number of benzene rings is 1. The normalized spacial score (nSPS) is 19.9. The van der Waals surface area contributed by atoms with Crippen LogP contribution in [0.5, 0.6) is 0 Å². The largest absolute Gasteiger partial charge is 0.378 e. The van der Waals surface area contributed by atoms with Gasteiger partial charge >= 0.3 is 6.03 Å². The Labute approximate surface area is 219 Å². The van der Waals surface area contributed by atoms with E-state index in [4.69, 9.17) is 16.8 Å². The molecule has 3 atom stereocenters. The van der Waals surface area contributed by atoms with Crippen molar-refractivity contribution in [3.8, 4) is 0 Å². The molecule has 196 valence electrons. The fraction of sp³-hybridized carbons (Fsp3) is 0.500. The fourth-order valence-corrected chi connectivity index (χ4v) is 5.61. The van der Waals surface area contributed by atoms with Gasteiger partial charge in [0, 0.05) is 47.2 Å². The van der Waals surface area contributed by atoms with E-state index in [2.05, 4.69) is 36.1 Å². The van der Waals surface area contributed by atoms with Gasteiger partial charge in [0.05, 0.1) is 31.9 Å². The van der Waals surface area contributed by atoms with Crippen LogP contribution in [0.15, 0.2) is 29.4 Å². The zero-order valence-corrected chi connectivity index (χ0v) is 21.1. The van der Waals surface area contributed by atoms with E-state index >= 15 is 0 Å². The number of ether oxygens (including phenoxy) is 1. The van der Waals surface area contributed by atoms with Gasteiger partial charge in [-0.2, -0.15) is 11.8 Å². The van der Waals surface area contributed by atoms with Gasteiger partial charge in [0.2, 0.25) is 11.8 Å². The summed E-state index contributed by atoms with van der Waals surface area (Å²) in [5, 5.41) is 15.3. The molecular weight excluding hydrogens is 496 g/mol. The van der Waals surface area contributed by atoms with E-state index in [-0.39, 0.29) is 41.3 Å². The zero-order chi connectivity index (χ0) is 26.5. The van der Waals surface area contributed by atoms with Crippen molar-refractivity contribution in [2.24, 2.45) is 5.11 Å².